The molecule has 1 saturated heterocycles. The summed E-state index contributed by atoms with van der Waals surface area (Å²) in [5, 5.41) is 10.8. The monoisotopic (exact) mass is 430 g/mol. The standard InChI is InChI=1S/C25H26N4O3/c30-20(14-28-12-4-5-13-28)16-32-21-10-8-19(9-11-21)29-15-22(18-6-2-1-3-7-18)23-24(29)26-17-27-25(23)31/h1-3,6-11,15,17,20,30H,4-5,12-14,16H2,(H,26,27,31). The number of aliphatic hydroxyl groups excluding tert-OH is 1. The van der Waals surface area contributed by atoms with Gasteiger partial charge in [-0.2, -0.15) is 0 Å². The maximum Gasteiger partial charge on any atom is 0.260 e. The lowest BCUT2D eigenvalue weighted by Gasteiger charge is -2.19. The molecular weight excluding hydrogens is 404 g/mol. The maximum absolute atomic E-state index is 12.6. The minimum Gasteiger partial charge on any atom is -0.491 e. The first-order valence-corrected chi connectivity index (χ1v) is 11.0. The fourth-order valence-corrected chi connectivity index (χ4v) is 4.32. The number of ether oxygens (including phenoxy) is 1. The van der Waals surface area contributed by atoms with Crippen molar-refractivity contribution in [2.45, 2.75) is 18.9 Å². The van der Waals surface area contributed by atoms with Crippen molar-refractivity contribution < 1.29 is 9.84 Å². The van der Waals surface area contributed by atoms with E-state index in [4.69, 9.17) is 4.74 Å². The van der Waals surface area contributed by atoms with E-state index < -0.39 is 6.10 Å². The van der Waals surface area contributed by atoms with Crippen LogP contribution in [0.4, 0.5) is 0 Å². The Morgan fingerprint density at radius 1 is 1.06 bits per heavy atom. The van der Waals surface area contributed by atoms with Crippen LogP contribution in [-0.4, -0.2) is 56.9 Å². The van der Waals surface area contributed by atoms with Crippen molar-refractivity contribution in [2.75, 3.05) is 26.2 Å². The molecule has 32 heavy (non-hydrogen) atoms. The molecule has 0 saturated carbocycles. The topological polar surface area (TPSA) is 83.4 Å². The number of aromatic nitrogens is 3. The zero-order valence-corrected chi connectivity index (χ0v) is 17.8. The minimum atomic E-state index is -0.509. The van der Waals surface area contributed by atoms with Crippen LogP contribution in [0.2, 0.25) is 0 Å². The summed E-state index contributed by atoms with van der Waals surface area (Å²) in [6.45, 7) is 3.02. The molecule has 2 N–H and O–H groups in total. The van der Waals surface area contributed by atoms with E-state index in [0.717, 1.165) is 29.9 Å². The Morgan fingerprint density at radius 2 is 1.81 bits per heavy atom. The smallest absolute Gasteiger partial charge is 0.260 e. The third-order valence-corrected chi connectivity index (χ3v) is 5.90. The average molecular weight is 431 g/mol. The van der Waals surface area contributed by atoms with Crippen molar-refractivity contribution >= 4 is 11.0 Å². The summed E-state index contributed by atoms with van der Waals surface area (Å²) in [5.41, 5.74) is 3.10. The molecule has 1 fully saturated rings. The van der Waals surface area contributed by atoms with Gasteiger partial charge in [0.1, 0.15) is 18.5 Å². The van der Waals surface area contributed by atoms with E-state index in [1.807, 2.05) is 65.4 Å². The highest BCUT2D eigenvalue weighted by atomic mass is 16.5. The molecule has 4 aromatic rings. The van der Waals surface area contributed by atoms with Crippen molar-refractivity contribution in [2.24, 2.45) is 0 Å². The van der Waals surface area contributed by atoms with Crippen LogP contribution >= 0.6 is 0 Å². The Balaban J connectivity index is 1.38. The predicted octanol–water partition coefficient (Wildman–Crippen LogP) is 3.22. The van der Waals surface area contributed by atoms with Crippen molar-refractivity contribution in [3.8, 4) is 22.6 Å². The van der Waals surface area contributed by atoms with Gasteiger partial charge in [0, 0.05) is 24.0 Å². The Kier molecular flexibility index (Phi) is 5.75. The second-order valence-electron chi connectivity index (χ2n) is 8.18. The number of nitrogens with one attached hydrogen (secondary N) is 1. The quantitative estimate of drug-likeness (QED) is 0.470. The van der Waals surface area contributed by atoms with Gasteiger partial charge in [-0.05, 0) is 55.8 Å². The molecule has 0 bridgehead atoms. The van der Waals surface area contributed by atoms with E-state index in [1.54, 1.807) is 0 Å². The van der Waals surface area contributed by atoms with E-state index in [9.17, 15) is 9.90 Å². The fourth-order valence-electron chi connectivity index (χ4n) is 4.32. The van der Waals surface area contributed by atoms with Gasteiger partial charge in [-0.15, -0.1) is 0 Å². The number of rotatable bonds is 7. The first kappa shape index (κ1) is 20.5. The van der Waals surface area contributed by atoms with Crippen LogP contribution in [-0.2, 0) is 0 Å². The minimum absolute atomic E-state index is 0.167. The molecule has 7 heteroatoms. The summed E-state index contributed by atoms with van der Waals surface area (Å²) in [4.78, 5) is 22.0. The summed E-state index contributed by atoms with van der Waals surface area (Å²) < 4.78 is 7.71. The number of H-pyrrole nitrogens is 1. The van der Waals surface area contributed by atoms with Crippen LogP contribution in [0.5, 0.6) is 5.75 Å². The van der Waals surface area contributed by atoms with E-state index in [2.05, 4.69) is 14.9 Å². The first-order chi connectivity index (χ1) is 15.7. The van der Waals surface area contributed by atoms with Crippen LogP contribution in [0.3, 0.4) is 0 Å². The van der Waals surface area contributed by atoms with Gasteiger partial charge in [0.2, 0.25) is 0 Å². The highest BCUT2D eigenvalue weighted by molar-refractivity contribution is 5.94. The molecular formula is C25H26N4O3. The SMILES string of the molecule is O=c1[nH]cnc2c1c(-c1ccccc1)cn2-c1ccc(OCC(O)CN2CCCC2)cc1. The first-order valence-electron chi connectivity index (χ1n) is 11.0. The molecule has 0 radical (unpaired) electrons. The highest BCUT2D eigenvalue weighted by Crippen LogP contribution is 2.29. The molecule has 0 aliphatic carbocycles. The molecule has 2 aromatic carbocycles. The Bertz CT molecular complexity index is 1240. The van der Waals surface area contributed by atoms with Crippen LogP contribution in [0.25, 0.3) is 27.8 Å². The summed E-state index contributed by atoms with van der Waals surface area (Å²) in [5.74, 6) is 0.694. The summed E-state index contributed by atoms with van der Waals surface area (Å²) in [7, 11) is 0. The van der Waals surface area contributed by atoms with Crippen LogP contribution in [0.1, 0.15) is 12.8 Å². The molecule has 5 rings (SSSR count). The van der Waals surface area contributed by atoms with E-state index >= 15 is 0 Å². The van der Waals surface area contributed by atoms with Crippen molar-refractivity contribution in [3.63, 3.8) is 0 Å². The van der Waals surface area contributed by atoms with Crippen LogP contribution in [0.15, 0.2) is 71.9 Å². The molecule has 0 amide bonds. The predicted molar refractivity (Wildman–Crippen MR) is 124 cm³/mol. The van der Waals surface area contributed by atoms with Gasteiger partial charge < -0.3 is 24.3 Å². The van der Waals surface area contributed by atoms with Gasteiger partial charge in [-0.25, -0.2) is 4.98 Å². The normalized spacial score (nSPS) is 15.3. The van der Waals surface area contributed by atoms with Crippen molar-refractivity contribution in [3.05, 3.63) is 77.5 Å². The summed E-state index contributed by atoms with van der Waals surface area (Å²) >= 11 is 0. The molecule has 0 spiro atoms. The van der Waals surface area contributed by atoms with Crippen LogP contribution < -0.4 is 10.3 Å². The van der Waals surface area contributed by atoms with Gasteiger partial charge in [-0.1, -0.05) is 30.3 Å². The lowest BCUT2D eigenvalue weighted by atomic mass is 10.1. The van der Waals surface area contributed by atoms with Gasteiger partial charge in [0.25, 0.3) is 5.56 Å². The Labute approximate surface area is 185 Å². The van der Waals surface area contributed by atoms with E-state index in [0.29, 0.717) is 23.3 Å². The number of benzene rings is 2. The molecule has 7 nitrogen and oxygen atoms in total. The molecule has 1 atom stereocenters. The lowest BCUT2D eigenvalue weighted by molar-refractivity contribution is 0.0758. The number of hydrogen-bond donors (Lipinski definition) is 2. The number of hydrogen-bond acceptors (Lipinski definition) is 5. The third kappa shape index (κ3) is 4.17. The second-order valence-corrected chi connectivity index (χ2v) is 8.18. The highest BCUT2D eigenvalue weighted by Gasteiger charge is 2.17. The average Bonchev–Trinajstić information content (AvgIpc) is 3.47. The molecule has 2 aromatic heterocycles. The largest absolute Gasteiger partial charge is 0.491 e. The molecule has 1 unspecified atom stereocenters. The number of likely N-dealkylation sites (tertiary alicyclic amines) is 1. The van der Waals surface area contributed by atoms with E-state index in [-0.39, 0.29) is 12.2 Å². The zero-order chi connectivity index (χ0) is 21.9. The number of nitrogens with zero attached hydrogens (tertiary/aromatic N) is 3. The van der Waals surface area contributed by atoms with Gasteiger partial charge in [-0.3, -0.25) is 4.79 Å². The summed E-state index contributed by atoms with van der Waals surface area (Å²) in [6, 6.07) is 17.4. The van der Waals surface area contributed by atoms with Gasteiger partial charge in [0.05, 0.1) is 11.7 Å². The number of fused-ring (bicyclic) bond motifs is 1. The zero-order valence-electron chi connectivity index (χ0n) is 17.8. The Morgan fingerprint density at radius 3 is 2.56 bits per heavy atom. The van der Waals surface area contributed by atoms with Gasteiger partial charge in [0.15, 0.2) is 5.65 Å². The second kappa shape index (κ2) is 8.98. The number of β-amino-alcohol motifs (C(OH)–C–C–N with tert-alkyl or cyclic N) is 1. The Hall–Kier alpha value is -3.42. The van der Waals surface area contributed by atoms with Gasteiger partial charge >= 0.3 is 0 Å². The number of aromatic amines is 1. The molecule has 1 aliphatic rings. The summed E-state index contributed by atoms with van der Waals surface area (Å²) in [6.07, 6.45) is 5.27. The maximum atomic E-state index is 12.6. The third-order valence-electron chi connectivity index (χ3n) is 5.90. The molecule has 164 valence electrons. The van der Waals surface area contributed by atoms with Crippen molar-refractivity contribution in [1.82, 2.24) is 19.4 Å². The van der Waals surface area contributed by atoms with E-state index in [1.165, 1.54) is 19.2 Å². The molecule has 1 aliphatic heterocycles. The van der Waals surface area contributed by atoms with Crippen molar-refractivity contribution in [1.29, 1.82) is 0 Å². The fraction of sp³-hybridized carbons (Fsp3) is 0.280. The lowest BCUT2D eigenvalue weighted by Crippen LogP contribution is -2.33. The van der Waals surface area contributed by atoms with Crippen LogP contribution in [0, 0.1) is 0 Å². The number of aliphatic hydroxyl groups is 1. The molecule has 3 heterocycles.